The third-order valence-electron chi connectivity index (χ3n) is 5.37. The third-order valence-corrected chi connectivity index (χ3v) is 5.37. The normalized spacial score (nSPS) is 38.3. The van der Waals surface area contributed by atoms with Crippen molar-refractivity contribution >= 4 is 0 Å². The first kappa shape index (κ1) is 14.4. The SMILES string of the molecule is CCCNC1CCCCC(C2CCC(C)CC2)C1. The lowest BCUT2D eigenvalue weighted by atomic mass is 9.73. The van der Waals surface area contributed by atoms with E-state index in [1.54, 1.807) is 0 Å². The van der Waals surface area contributed by atoms with Crippen LogP contribution in [0.5, 0.6) is 0 Å². The molecular formula is C17H33N. The molecule has 0 aliphatic heterocycles. The lowest BCUT2D eigenvalue weighted by Gasteiger charge is -2.33. The van der Waals surface area contributed by atoms with Gasteiger partial charge in [0.05, 0.1) is 0 Å². The first-order valence-corrected chi connectivity index (χ1v) is 8.53. The lowest BCUT2D eigenvalue weighted by Crippen LogP contribution is -2.33. The molecule has 0 aromatic rings. The molecule has 0 aromatic carbocycles. The lowest BCUT2D eigenvalue weighted by molar-refractivity contribution is 0.187. The fourth-order valence-corrected chi connectivity index (χ4v) is 4.12. The summed E-state index contributed by atoms with van der Waals surface area (Å²) in [5.41, 5.74) is 0. The van der Waals surface area contributed by atoms with Crippen LogP contribution in [0.4, 0.5) is 0 Å². The van der Waals surface area contributed by atoms with E-state index in [1.165, 1.54) is 70.8 Å². The van der Waals surface area contributed by atoms with Gasteiger partial charge >= 0.3 is 0 Å². The Kier molecular flexibility index (Phi) is 6.01. The molecule has 18 heavy (non-hydrogen) atoms. The van der Waals surface area contributed by atoms with Crippen molar-refractivity contribution < 1.29 is 0 Å². The highest BCUT2D eigenvalue weighted by Gasteiger charge is 2.29. The molecule has 0 amide bonds. The summed E-state index contributed by atoms with van der Waals surface area (Å²) in [5, 5.41) is 3.79. The van der Waals surface area contributed by atoms with Crippen molar-refractivity contribution in [1.82, 2.24) is 5.32 Å². The molecule has 2 aliphatic carbocycles. The molecule has 0 aromatic heterocycles. The van der Waals surface area contributed by atoms with Gasteiger partial charge in [0.15, 0.2) is 0 Å². The Hall–Kier alpha value is -0.0400. The van der Waals surface area contributed by atoms with Gasteiger partial charge in [-0.3, -0.25) is 0 Å². The van der Waals surface area contributed by atoms with Gasteiger partial charge in [0.1, 0.15) is 0 Å². The standard InChI is InChI=1S/C17H33N/c1-3-12-18-17-7-5-4-6-16(13-17)15-10-8-14(2)9-11-15/h14-18H,3-13H2,1-2H3. The van der Waals surface area contributed by atoms with Crippen LogP contribution in [0.25, 0.3) is 0 Å². The average molecular weight is 251 g/mol. The zero-order chi connectivity index (χ0) is 12.8. The van der Waals surface area contributed by atoms with Crippen LogP contribution >= 0.6 is 0 Å². The quantitative estimate of drug-likeness (QED) is 0.710. The molecule has 1 N–H and O–H groups in total. The molecule has 0 radical (unpaired) electrons. The Morgan fingerprint density at radius 3 is 2.33 bits per heavy atom. The van der Waals surface area contributed by atoms with Gasteiger partial charge in [0.2, 0.25) is 0 Å². The largest absolute Gasteiger partial charge is 0.314 e. The van der Waals surface area contributed by atoms with E-state index in [2.05, 4.69) is 19.2 Å². The minimum absolute atomic E-state index is 0.830. The molecule has 2 fully saturated rings. The second-order valence-corrected chi connectivity index (χ2v) is 6.95. The zero-order valence-corrected chi connectivity index (χ0v) is 12.6. The van der Waals surface area contributed by atoms with Gasteiger partial charge < -0.3 is 5.32 Å². The van der Waals surface area contributed by atoms with Crippen LogP contribution in [0.2, 0.25) is 0 Å². The Balaban J connectivity index is 1.82. The molecule has 106 valence electrons. The predicted octanol–water partition coefficient (Wildman–Crippen LogP) is 4.76. The molecule has 0 saturated heterocycles. The van der Waals surface area contributed by atoms with E-state index < -0.39 is 0 Å². The maximum atomic E-state index is 3.79. The topological polar surface area (TPSA) is 12.0 Å². The molecule has 1 heteroatoms. The van der Waals surface area contributed by atoms with Crippen molar-refractivity contribution in [3.63, 3.8) is 0 Å². The van der Waals surface area contributed by atoms with E-state index >= 15 is 0 Å². The number of hydrogen-bond donors (Lipinski definition) is 1. The fraction of sp³-hybridized carbons (Fsp3) is 1.00. The van der Waals surface area contributed by atoms with Crippen LogP contribution < -0.4 is 5.32 Å². The first-order valence-electron chi connectivity index (χ1n) is 8.53. The zero-order valence-electron chi connectivity index (χ0n) is 12.6. The maximum absolute atomic E-state index is 3.79. The van der Waals surface area contributed by atoms with Gasteiger partial charge in [0.25, 0.3) is 0 Å². The fourth-order valence-electron chi connectivity index (χ4n) is 4.12. The summed E-state index contributed by atoms with van der Waals surface area (Å²) in [6.07, 6.45) is 14.7. The van der Waals surface area contributed by atoms with Crippen LogP contribution in [-0.2, 0) is 0 Å². The number of hydrogen-bond acceptors (Lipinski definition) is 1. The van der Waals surface area contributed by atoms with Crippen LogP contribution in [-0.4, -0.2) is 12.6 Å². The monoisotopic (exact) mass is 251 g/mol. The van der Waals surface area contributed by atoms with Crippen molar-refractivity contribution in [1.29, 1.82) is 0 Å². The van der Waals surface area contributed by atoms with Crippen LogP contribution in [0.1, 0.15) is 78.1 Å². The van der Waals surface area contributed by atoms with Crippen molar-refractivity contribution in [2.45, 2.75) is 84.1 Å². The highest BCUT2D eigenvalue weighted by molar-refractivity contribution is 4.83. The number of nitrogens with one attached hydrogen (secondary N) is 1. The average Bonchev–Trinajstić information content (AvgIpc) is 2.63. The van der Waals surface area contributed by atoms with E-state index in [4.69, 9.17) is 0 Å². The minimum atomic E-state index is 0.830. The van der Waals surface area contributed by atoms with Crippen molar-refractivity contribution in [3.05, 3.63) is 0 Å². The van der Waals surface area contributed by atoms with Gasteiger partial charge in [-0.25, -0.2) is 0 Å². The van der Waals surface area contributed by atoms with E-state index in [9.17, 15) is 0 Å². The molecular weight excluding hydrogens is 218 g/mol. The molecule has 0 heterocycles. The molecule has 2 rings (SSSR count). The Morgan fingerprint density at radius 2 is 1.61 bits per heavy atom. The smallest absolute Gasteiger partial charge is 0.00698 e. The van der Waals surface area contributed by atoms with E-state index in [1.807, 2.05) is 0 Å². The summed E-state index contributed by atoms with van der Waals surface area (Å²) in [6, 6.07) is 0.830. The van der Waals surface area contributed by atoms with Gasteiger partial charge in [-0.1, -0.05) is 46.0 Å². The third kappa shape index (κ3) is 4.26. The van der Waals surface area contributed by atoms with Crippen molar-refractivity contribution in [2.75, 3.05) is 6.54 Å². The minimum Gasteiger partial charge on any atom is -0.314 e. The summed E-state index contributed by atoms with van der Waals surface area (Å²) in [7, 11) is 0. The molecule has 2 unspecified atom stereocenters. The van der Waals surface area contributed by atoms with Crippen LogP contribution in [0, 0.1) is 17.8 Å². The molecule has 1 nitrogen and oxygen atoms in total. The van der Waals surface area contributed by atoms with Gasteiger partial charge in [-0.15, -0.1) is 0 Å². The Labute approximate surface area is 114 Å². The number of rotatable bonds is 4. The molecule has 2 atom stereocenters. The molecule has 0 spiro atoms. The van der Waals surface area contributed by atoms with E-state index in [-0.39, 0.29) is 0 Å². The summed E-state index contributed by atoms with van der Waals surface area (Å²) in [5.74, 6) is 3.10. The molecule has 2 saturated carbocycles. The van der Waals surface area contributed by atoms with Crippen molar-refractivity contribution in [2.24, 2.45) is 17.8 Å². The first-order chi connectivity index (χ1) is 8.79. The maximum Gasteiger partial charge on any atom is 0.00698 e. The predicted molar refractivity (Wildman–Crippen MR) is 79.8 cm³/mol. The second-order valence-electron chi connectivity index (χ2n) is 6.95. The summed E-state index contributed by atoms with van der Waals surface area (Å²) in [4.78, 5) is 0. The van der Waals surface area contributed by atoms with Gasteiger partial charge in [-0.05, 0) is 56.4 Å². The highest BCUT2D eigenvalue weighted by atomic mass is 14.9. The molecule has 2 aliphatic rings. The molecule has 0 bridgehead atoms. The van der Waals surface area contributed by atoms with E-state index in [0.717, 1.165) is 23.8 Å². The van der Waals surface area contributed by atoms with Crippen molar-refractivity contribution in [3.8, 4) is 0 Å². The summed E-state index contributed by atoms with van der Waals surface area (Å²) >= 11 is 0. The van der Waals surface area contributed by atoms with Gasteiger partial charge in [0, 0.05) is 6.04 Å². The summed E-state index contributed by atoms with van der Waals surface area (Å²) in [6.45, 7) is 5.94. The van der Waals surface area contributed by atoms with Crippen LogP contribution in [0.3, 0.4) is 0 Å². The van der Waals surface area contributed by atoms with Gasteiger partial charge in [-0.2, -0.15) is 0 Å². The second kappa shape index (κ2) is 7.53. The van der Waals surface area contributed by atoms with E-state index in [0.29, 0.717) is 0 Å². The Bertz CT molecular complexity index is 218. The van der Waals surface area contributed by atoms with Crippen LogP contribution in [0.15, 0.2) is 0 Å². The highest BCUT2D eigenvalue weighted by Crippen LogP contribution is 2.39. The summed E-state index contributed by atoms with van der Waals surface area (Å²) < 4.78 is 0. The Morgan fingerprint density at radius 1 is 0.889 bits per heavy atom.